The van der Waals surface area contributed by atoms with Crippen LogP contribution in [0.15, 0.2) is 48.7 Å². The molecule has 0 radical (unpaired) electrons. The third-order valence-electron chi connectivity index (χ3n) is 6.03. The molecule has 0 unspecified atom stereocenters. The van der Waals surface area contributed by atoms with Crippen LogP contribution in [-0.4, -0.2) is 36.2 Å². The Morgan fingerprint density at radius 1 is 1.00 bits per heavy atom. The number of hydrogen-bond donors (Lipinski definition) is 2. The molecule has 2 N–H and O–H groups in total. The highest BCUT2D eigenvalue weighted by molar-refractivity contribution is 6.31. The summed E-state index contributed by atoms with van der Waals surface area (Å²) in [5, 5.41) is 25.9. The van der Waals surface area contributed by atoms with Crippen molar-refractivity contribution in [1.29, 1.82) is 0 Å². The summed E-state index contributed by atoms with van der Waals surface area (Å²) in [6, 6.07) is 11.3. The maximum Gasteiger partial charge on any atom is 0.328 e. The van der Waals surface area contributed by atoms with Crippen LogP contribution in [-0.2, 0) is 9.53 Å². The molecule has 0 aliphatic rings. The van der Waals surface area contributed by atoms with Crippen LogP contribution in [0.4, 0.5) is 0 Å². The van der Waals surface area contributed by atoms with Crippen LogP contribution in [0.2, 0.25) is 10.0 Å². The second-order valence-electron chi connectivity index (χ2n) is 8.74. The summed E-state index contributed by atoms with van der Waals surface area (Å²) in [6.07, 6.45) is 0.369. The molecule has 37 heavy (non-hydrogen) atoms. The Hall–Kier alpha value is -3.49. The van der Waals surface area contributed by atoms with Crippen molar-refractivity contribution in [3.8, 4) is 11.5 Å². The number of aromatic nitrogens is 1. The highest BCUT2D eigenvalue weighted by Crippen LogP contribution is 2.34. The number of rotatable bonds is 8. The molecular weight excluding hydrogens is 519 g/mol. The second-order valence-corrected chi connectivity index (χ2v) is 9.55. The average molecular weight is 547 g/mol. The molecule has 2 aromatic carbocycles. The molecule has 2 atom stereocenters. The van der Waals surface area contributed by atoms with Crippen molar-refractivity contribution in [2.75, 3.05) is 7.11 Å². The Kier molecular flexibility index (Phi) is 8.89. The third kappa shape index (κ3) is 6.26. The number of esters is 1. The van der Waals surface area contributed by atoms with Crippen LogP contribution in [0.1, 0.15) is 52.5 Å². The Morgan fingerprint density at radius 2 is 1.54 bits per heavy atom. The van der Waals surface area contributed by atoms with Gasteiger partial charge < -0.3 is 25.1 Å². The lowest BCUT2D eigenvalue weighted by Gasteiger charge is -2.27. The van der Waals surface area contributed by atoms with Crippen molar-refractivity contribution in [2.24, 2.45) is 0 Å². The number of nitrogens with zero attached hydrogens (tertiary/aromatic N) is 1. The number of carbonyl (C=O) groups excluding carboxylic acids is 2. The number of aromatic hydroxyl groups is 1. The lowest BCUT2D eigenvalue weighted by molar-refractivity contribution is -0.608. The zero-order chi connectivity index (χ0) is 27.4. The number of nitrogens with one attached hydrogen (secondary N) is 1. The van der Waals surface area contributed by atoms with Crippen molar-refractivity contribution in [3.05, 3.63) is 91.9 Å². The highest BCUT2D eigenvalue weighted by Gasteiger charge is 2.31. The maximum atomic E-state index is 13.0. The van der Waals surface area contributed by atoms with Gasteiger partial charge in [-0.25, -0.2) is 4.79 Å². The van der Waals surface area contributed by atoms with E-state index in [0.29, 0.717) is 10.0 Å². The fraction of sp³-hybridized carbons (Fsp3) is 0.296. The van der Waals surface area contributed by atoms with E-state index >= 15 is 0 Å². The first-order chi connectivity index (χ1) is 17.4. The van der Waals surface area contributed by atoms with Crippen LogP contribution < -0.4 is 14.8 Å². The van der Waals surface area contributed by atoms with Crippen LogP contribution >= 0.6 is 23.2 Å². The van der Waals surface area contributed by atoms with E-state index in [9.17, 15) is 19.9 Å². The van der Waals surface area contributed by atoms with Gasteiger partial charge in [-0.1, -0.05) is 47.5 Å². The molecule has 0 saturated heterocycles. The van der Waals surface area contributed by atoms with E-state index in [4.69, 9.17) is 32.7 Å². The summed E-state index contributed by atoms with van der Waals surface area (Å²) < 4.78 is 10.9. The summed E-state index contributed by atoms with van der Waals surface area (Å²) >= 11 is 12.5. The first-order valence-electron chi connectivity index (χ1n) is 11.5. The first-order valence-corrected chi connectivity index (χ1v) is 12.2. The molecule has 0 bridgehead atoms. The van der Waals surface area contributed by atoms with E-state index in [1.807, 2.05) is 38.1 Å². The molecular formula is C27H28Cl2N2O6. The summed E-state index contributed by atoms with van der Waals surface area (Å²) in [7, 11) is 1.29. The van der Waals surface area contributed by atoms with Gasteiger partial charge >= 0.3 is 17.6 Å². The van der Waals surface area contributed by atoms with E-state index in [2.05, 4.69) is 5.32 Å². The predicted molar refractivity (Wildman–Crippen MR) is 140 cm³/mol. The lowest BCUT2D eigenvalue weighted by atomic mass is 9.86. The number of aryl methyl sites for hydroxylation is 2. The Bertz CT molecular complexity index is 1280. The normalized spacial score (nSPS) is 12.6. The lowest BCUT2D eigenvalue weighted by Crippen LogP contribution is -2.46. The standard InChI is InChI=1S/C27H28Cl2N2O6/c1-14-12-18(6-8-20(14)28)23(19-7-9-21(29)15(2)13-19)17(4)37-27(34)16(3)30-26(33)24-25(32)22(36-5)10-11-31(24)35/h6-13,16-17,23,32H,1-5H3,(H,30,33)/t16-,17-/m0/s1. The van der Waals surface area contributed by atoms with Gasteiger partial charge in [-0.2, -0.15) is 4.73 Å². The molecule has 8 nitrogen and oxygen atoms in total. The molecule has 0 saturated carbocycles. The van der Waals surface area contributed by atoms with Crippen LogP contribution in [0.25, 0.3) is 0 Å². The van der Waals surface area contributed by atoms with Crippen molar-refractivity contribution in [1.82, 2.24) is 5.32 Å². The average Bonchev–Trinajstić information content (AvgIpc) is 2.83. The van der Waals surface area contributed by atoms with Crippen LogP contribution in [0.3, 0.4) is 0 Å². The third-order valence-corrected chi connectivity index (χ3v) is 6.88. The maximum absolute atomic E-state index is 13.0. The molecule has 1 aromatic heterocycles. The predicted octanol–water partition coefficient (Wildman–Crippen LogP) is 4.84. The molecule has 3 aromatic rings. The van der Waals surface area contributed by atoms with E-state index in [1.54, 1.807) is 19.1 Å². The monoisotopic (exact) mass is 546 g/mol. The van der Waals surface area contributed by atoms with E-state index in [-0.39, 0.29) is 16.4 Å². The Morgan fingerprint density at radius 3 is 2.03 bits per heavy atom. The van der Waals surface area contributed by atoms with Gasteiger partial charge in [0.15, 0.2) is 11.9 Å². The molecule has 0 spiro atoms. The van der Waals surface area contributed by atoms with Crippen LogP contribution in [0, 0.1) is 19.1 Å². The largest absolute Gasteiger partial charge is 0.618 e. The quantitative estimate of drug-likeness (QED) is 0.237. The molecule has 196 valence electrons. The minimum absolute atomic E-state index is 0.0551. The fourth-order valence-corrected chi connectivity index (χ4v) is 4.25. The van der Waals surface area contributed by atoms with Crippen molar-refractivity contribution >= 4 is 35.1 Å². The Balaban J connectivity index is 1.84. The summed E-state index contributed by atoms with van der Waals surface area (Å²) in [6.45, 7) is 6.96. The molecule has 10 heteroatoms. The zero-order valence-electron chi connectivity index (χ0n) is 21.0. The SMILES string of the molecule is COc1cc[n+]([O-])c(C(=O)N[C@@H](C)C(=O)O[C@@H](C)C(c2ccc(Cl)c(C)c2)c2ccc(Cl)c(C)c2)c1O. The summed E-state index contributed by atoms with van der Waals surface area (Å²) in [5.41, 5.74) is 2.91. The summed E-state index contributed by atoms with van der Waals surface area (Å²) in [4.78, 5) is 25.7. The fourth-order valence-electron chi connectivity index (χ4n) is 4.02. The van der Waals surface area contributed by atoms with E-state index < -0.39 is 35.5 Å². The minimum atomic E-state index is -1.12. The van der Waals surface area contributed by atoms with Crippen molar-refractivity contribution in [3.63, 3.8) is 0 Å². The number of ether oxygens (including phenoxy) is 2. The molecule has 0 fully saturated rings. The topological polar surface area (TPSA) is 112 Å². The number of hydrogen-bond acceptors (Lipinski definition) is 6. The van der Waals surface area contributed by atoms with Gasteiger partial charge in [-0.3, -0.25) is 4.79 Å². The van der Waals surface area contributed by atoms with Gasteiger partial charge in [0.2, 0.25) is 5.75 Å². The molecule has 0 aliphatic carbocycles. The van der Waals surface area contributed by atoms with Gasteiger partial charge in [0, 0.05) is 22.0 Å². The number of carbonyl (C=O) groups is 2. The minimum Gasteiger partial charge on any atom is -0.618 e. The first kappa shape index (κ1) is 28.1. The van der Waals surface area contributed by atoms with E-state index in [0.717, 1.165) is 28.5 Å². The smallest absolute Gasteiger partial charge is 0.328 e. The zero-order valence-corrected chi connectivity index (χ0v) is 22.6. The molecule has 0 aliphatic heterocycles. The van der Waals surface area contributed by atoms with Gasteiger partial charge in [0.05, 0.1) is 7.11 Å². The van der Waals surface area contributed by atoms with Crippen LogP contribution in [0.5, 0.6) is 11.5 Å². The number of amides is 1. The Labute approximate surface area is 225 Å². The molecule has 1 heterocycles. The molecule has 3 rings (SSSR count). The number of benzene rings is 2. The number of halogens is 2. The van der Waals surface area contributed by atoms with Gasteiger partial charge in [-0.05, 0) is 62.1 Å². The summed E-state index contributed by atoms with van der Waals surface area (Å²) in [5.74, 6) is -2.73. The van der Waals surface area contributed by atoms with Crippen molar-refractivity contribution < 1.29 is 28.9 Å². The number of methoxy groups -OCH3 is 1. The molecule has 1 amide bonds. The number of pyridine rings is 1. The highest BCUT2D eigenvalue weighted by atomic mass is 35.5. The van der Waals surface area contributed by atoms with Gasteiger partial charge in [0.25, 0.3) is 0 Å². The second kappa shape index (κ2) is 11.7. The van der Waals surface area contributed by atoms with Crippen molar-refractivity contribution in [2.45, 2.75) is 45.8 Å². The van der Waals surface area contributed by atoms with Gasteiger partial charge in [0.1, 0.15) is 12.1 Å². The van der Waals surface area contributed by atoms with E-state index in [1.165, 1.54) is 20.1 Å². The van der Waals surface area contributed by atoms with Gasteiger partial charge in [-0.15, -0.1) is 0 Å².